The van der Waals surface area contributed by atoms with E-state index in [0.717, 1.165) is 29.0 Å². The Morgan fingerprint density at radius 2 is 2.00 bits per heavy atom. The number of rotatable bonds is 1. The number of aryl methyl sites for hydroxylation is 1. The van der Waals surface area contributed by atoms with Crippen LogP contribution >= 0.6 is 0 Å². The third-order valence-electron chi connectivity index (χ3n) is 2.39. The van der Waals surface area contributed by atoms with Crippen molar-refractivity contribution < 1.29 is 0 Å². The lowest BCUT2D eigenvalue weighted by atomic mass is 9.95. The van der Waals surface area contributed by atoms with Gasteiger partial charge < -0.3 is 0 Å². The van der Waals surface area contributed by atoms with Crippen molar-refractivity contribution in [2.75, 3.05) is 0 Å². The van der Waals surface area contributed by atoms with Crippen LogP contribution in [0.1, 0.15) is 39.2 Å². The van der Waals surface area contributed by atoms with Gasteiger partial charge >= 0.3 is 0 Å². The maximum absolute atomic E-state index is 4.59. The van der Waals surface area contributed by atoms with Gasteiger partial charge in [0, 0.05) is 5.41 Å². The first kappa shape index (κ1) is 10.1. The Labute approximate surface area is 89.1 Å². The van der Waals surface area contributed by atoms with E-state index in [2.05, 4.69) is 47.9 Å². The predicted octanol–water partition coefficient (Wildman–Crippen LogP) is 2.21. The smallest absolute Gasteiger partial charge is 0.159 e. The molecule has 0 aliphatic heterocycles. The molecule has 0 unspecified atom stereocenters. The fourth-order valence-corrected chi connectivity index (χ4v) is 1.50. The van der Waals surface area contributed by atoms with Crippen molar-refractivity contribution >= 4 is 11.0 Å². The number of nitrogens with zero attached hydrogens (tertiary/aromatic N) is 3. The SMILES string of the molecule is CCc1nc(C(C)(C)C)nc2[nH]ncc12. The molecule has 0 radical (unpaired) electrons. The van der Waals surface area contributed by atoms with Gasteiger partial charge in [0.2, 0.25) is 0 Å². The van der Waals surface area contributed by atoms with E-state index in [4.69, 9.17) is 0 Å². The van der Waals surface area contributed by atoms with Gasteiger partial charge in [0.15, 0.2) is 5.65 Å². The van der Waals surface area contributed by atoms with Crippen LogP contribution in [-0.4, -0.2) is 20.2 Å². The first-order valence-corrected chi connectivity index (χ1v) is 5.23. The summed E-state index contributed by atoms with van der Waals surface area (Å²) in [5.74, 6) is 0.871. The van der Waals surface area contributed by atoms with Gasteiger partial charge in [-0.3, -0.25) is 5.10 Å². The second-order valence-electron chi connectivity index (χ2n) is 4.73. The first-order chi connectivity index (χ1) is 7.02. The van der Waals surface area contributed by atoms with Crippen molar-refractivity contribution in [3.8, 4) is 0 Å². The van der Waals surface area contributed by atoms with Crippen LogP contribution in [0.15, 0.2) is 6.20 Å². The number of aromatic nitrogens is 4. The molecule has 0 bridgehead atoms. The van der Waals surface area contributed by atoms with E-state index in [1.165, 1.54) is 0 Å². The van der Waals surface area contributed by atoms with Crippen LogP contribution in [0.2, 0.25) is 0 Å². The highest BCUT2D eigenvalue weighted by molar-refractivity contribution is 5.76. The molecule has 2 aromatic rings. The summed E-state index contributed by atoms with van der Waals surface area (Å²) < 4.78 is 0. The molecule has 0 aliphatic rings. The number of H-pyrrole nitrogens is 1. The average molecular weight is 204 g/mol. The summed E-state index contributed by atoms with van der Waals surface area (Å²) in [5.41, 5.74) is 1.88. The monoisotopic (exact) mass is 204 g/mol. The second-order valence-corrected chi connectivity index (χ2v) is 4.73. The van der Waals surface area contributed by atoms with Gasteiger partial charge in [-0.05, 0) is 6.42 Å². The predicted molar refractivity (Wildman–Crippen MR) is 59.8 cm³/mol. The second kappa shape index (κ2) is 3.29. The van der Waals surface area contributed by atoms with E-state index in [1.807, 2.05) is 0 Å². The molecule has 15 heavy (non-hydrogen) atoms. The maximum atomic E-state index is 4.59. The molecule has 2 heterocycles. The lowest BCUT2D eigenvalue weighted by Crippen LogP contribution is -2.17. The fraction of sp³-hybridized carbons (Fsp3) is 0.545. The molecular formula is C11H16N4. The van der Waals surface area contributed by atoms with Gasteiger partial charge in [-0.15, -0.1) is 0 Å². The molecule has 0 aliphatic carbocycles. The molecule has 1 N–H and O–H groups in total. The molecule has 0 amide bonds. The van der Waals surface area contributed by atoms with E-state index in [0.29, 0.717) is 0 Å². The zero-order valence-electron chi connectivity index (χ0n) is 9.63. The minimum Gasteiger partial charge on any atom is -0.261 e. The van der Waals surface area contributed by atoms with Crippen LogP contribution in [0.4, 0.5) is 0 Å². The van der Waals surface area contributed by atoms with Crippen molar-refractivity contribution in [2.45, 2.75) is 39.5 Å². The van der Waals surface area contributed by atoms with Crippen molar-refractivity contribution in [1.82, 2.24) is 20.2 Å². The van der Waals surface area contributed by atoms with Gasteiger partial charge in [-0.1, -0.05) is 27.7 Å². The molecule has 0 atom stereocenters. The largest absolute Gasteiger partial charge is 0.261 e. The van der Waals surface area contributed by atoms with Crippen LogP contribution in [-0.2, 0) is 11.8 Å². The molecule has 2 rings (SSSR count). The summed E-state index contributed by atoms with van der Waals surface area (Å²) in [4.78, 5) is 9.08. The Kier molecular flexibility index (Phi) is 2.21. The average Bonchev–Trinajstić information content (AvgIpc) is 2.62. The number of nitrogens with one attached hydrogen (secondary N) is 1. The quantitative estimate of drug-likeness (QED) is 0.774. The van der Waals surface area contributed by atoms with Gasteiger partial charge in [-0.2, -0.15) is 5.10 Å². The van der Waals surface area contributed by atoms with Gasteiger partial charge in [-0.25, -0.2) is 9.97 Å². The van der Waals surface area contributed by atoms with E-state index >= 15 is 0 Å². The van der Waals surface area contributed by atoms with Crippen LogP contribution in [0.3, 0.4) is 0 Å². The van der Waals surface area contributed by atoms with Crippen molar-refractivity contribution in [2.24, 2.45) is 0 Å². The summed E-state index contributed by atoms with van der Waals surface area (Å²) in [5, 5.41) is 7.94. The first-order valence-electron chi connectivity index (χ1n) is 5.23. The van der Waals surface area contributed by atoms with Crippen molar-refractivity contribution in [3.05, 3.63) is 17.7 Å². The van der Waals surface area contributed by atoms with Crippen molar-refractivity contribution in [3.63, 3.8) is 0 Å². The molecule has 0 fully saturated rings. The number of fused-ring (bicyclic) bond motifs is 1. The molecule has 0 saturated heterocycles. The maximum Gasteiger partial charge on any atom is 0.159 e. The molecule has 2 aromatic heterocycles. The highest BCUT2D eigenvalue weighted by Gasteiger charge is 2.19. The van der Waals surface area contributed by atoms with Crippen LogP contribution in [0.5, 0.6) is 0 Å². The summed E-state index contributed by atoms with van der Waals surface area (Å²) in [6, 6.07) is 0. The zero-order valence-corrected chi connectivity index (χ0v) is 9.63. The van der Waals surface area contributed by atoms with Gasteiger partial charge in [0.25, 0.3) is 0 Å². The standard InChI is InChI=1S/C11H16N4/c1-5-8-7-6-12-15-9(7)14-10(13-8)11(2,3)4/h6H,5H2,1-4H3,(H,12,13,14,15). The molecule has 80 valence electrons. The minimum absolute atomic E-state index is 0.0246. The summed E-state index contributed by atoms with van der Waals surface area (Å²) in [7, 11) is 0. The molecular weight excluding hydrogens is 188 g/mol. The van der Waals surface area contributed by atoms with E-state index in [9.17, 15) is 0 Å². The van der Waals surface area contributed by atoms with Gasteiger partial charge in [0.05, 0.1) is 17.3 Å². The number of hydrogen-bond acceptors (Lipinski definition) is 3. The Morgan fingerprint density at radius 3 is 2.60 bits per heavy atom. The zero-order chi connectivity index (χ0) is 11.1. The molecule has 4 heteroatoms. The third-order valence-corrected chi connectivity index (χ3v) is 2.39. The Morgan fingerprint density at radius 1 is 1.27 bits per heavy atom. The molecule has 0 saturated carbocycles. The number of aromatic amines is 1. The Bertz CT molecular complexity index is 479. The third kappa shape index (κ3) is 1.71. The highest BCUT2D eigenvalue weighted by atomic mass is 15.1. The number of hydrogen-bond donors (Lipinski definition) is 1. The minimum atomic E-state index is -0.0246. The van der Waals surface area contributed by atoms with Crippen LogP contribution < -0.4 is 0 Å². The van der Waals surface area contributed by atoms with E-state index in [1.54, 1.807) is 6.20 Å². The lowest BCUT2D eigenvalue weighted by Gasteiger charge is -2.17. The van der Waals surface area contributed by atoms with Crippen molar-refractivity contribution in [1.29, 1.82) is 0 Å². The van der Waals surface area contributed by atoms with E-state index < -0.39 is 0 Å². The highest BCUT2D eigenvalue weighted by Crippen LogP contribution is 2.22. The molecule has 0 spiro atoms. The summed E-state index contributed by atoms with van der Waals surface area (Å²) in [6.07, 6.45) is 2.70. The fourth-order valence-electron chi connectivity index (χ4n) is 1.50. The normalized spacial score (nSPS) is 12.3. The molecule has 4 nitrogen and oxygen atoms in total. The Hall–Kier alpha value is -1.45. The lowest BCUT2D eigenvalue weighted by molar-refractivity contribution is 0.545. The van der Waals surface area contributed by atoms with Crippen LogP contribution in [0, 0.1) is 0 Å². The van der Waals surface area contributed by atoms with Gasteiger partial charge in [0.1, 0.15) is 5.82 Å². The van der Waals surface area contributed by atoms with E-state index in [-0.39, 0.29) is 5.41 Å². The summed E-state index contributed by atoms with van der Waals surface area (Å²) >= 11 is 0. The molecule has 0 aromatic carbocycles. The Balaban J connectivity index is 2.69. The summed E-state index contributed by atoms with van der Waals surface area (Å²) in [6.45, 7) is 8.44. The van der Waals surface area contributed by atoms with Crippen LogP contribution in [0.25, 0.3) is 11.0 Å². The topological polar surface area (TPSA) is 54.5 Å².